The second-order valence-corrected chi connectivity index (χ2v) is 3.64. The minimum atomic E-state index is -1.17. The maximum Gasteiger partial charge on any atom is 0.354 e. The number of ether oxygens (including phenoxy) is 1. The van der Waals surface area contributed by atoms with Gasteiger partial charge in [0.1, 0.15) is 5.75 Å². The van der Waals surface area contributed by atoms with Gasteiger partial charge in [0, 0.05) is 0 Å². The van der Waals surface area contributed by atoms with Gasteiger partial charge in [-0.05, 0) is 30.3 Å². The molecule has 0 saturated heterocycles. The number of rotatable bonds is 3. The van der Waals surface area contributed by atoms with Crippen LogP contribution in [0.15, 0.2) is 36.4 Å². The molecule has 0 bridgehead atoms. The van der Waals surface area contributed by atoms with Crippen LogP contribution in [0.25, 0.3) is 0 Å². The van der Waals surface area contributed by atoms with E-state index in [1.807, 2.05) is 6.07 Å². The van der Waals surface area contributed by atoms with Gasteiger partial charge in [0.2, 0.25) is 5.88 Å². The zero-order valence-electron chi connectivity index (χ0n) is 9.70. The van der Waals surface area contributed by atoms with Crippen LogP contribution >= 0.6 is 0 Å². The lowest BCUT2D eigenvalue weighted by Gasteiger charge is -2.08. The van der Waals surface area contributed by atoms with Gasteiger partial charge in [0.25, 0.3) is 0 Å². The highest BCUT2D eigenvalue weighted by Gasteiger charge is 2.10. The fraction of sp³-hybridized carbons (Fsp3) is 0. The third-order valence-corrected chi connectivity index (χ3v) is 2.29. The molecule has 0 atom stereocenters. The predicted octanol–water partition coefficient (Wildman–Crippen LogP) is 2.03. The summed E-state index contributed by atoms with van der Waals surface area (Å²) in [4.78, 5) is 14.6. The first-order chi connectivity index (χ1) is 9.10. The molecule has 0 radical (unpaired) electrons. The number of anilines is 1. The topological polar surface area (TPSA) is 109 Å². The Labute approximate surface area is 108 Å². The van der Waals surface area contributed by atoms with Crippen molar-refractivity contribution in [3.8, 4) is 17.7 Å². The molecule has 0 fully saturated rings. The molecule has 0 saturated carbocycles. The lowest BCUT2D eigenvalue weighted by atomic mass is 10.2. The Bertz CT molecular complexity index is 677. The Morgan fingerprint density at radius 3 is 2.84 bits per heavy atom. The number of nitrogen functional groups attached to an aromatic ring is 1. The van der Waals surface area contributed by atoms with Gasteiger partial charge in [-0.25, -0.2) is 9.78 Å². The van der Waals surface area contributed by atoms with Crippen molar-refractivity contribution in [1.82, 2.24) is 4.98 Å². The maximum absolute atomic E-state index is 10.8. The number of aromatic nitrogens is 1. The summed E-state index contributed by atoms with van der Waals surface area (Å²) in [5.41, 5.74) is 6.13. The van der Waals surface area contributed by atoms with Crippen LogP contribution in [0.2, 0.25) is 0 Å². The summed E-state index contributed by atoms with van der Waals surface area (Å²) in [5, 5.41) is 17.6. The molecule has 1 aromatic carbocycles. The number of benzene rings is 1. The molecule has 0 unspecified atom stereocenters. The van der Waals surface area contributed by atoms with E-state index in [1.165, 1.54) is 18.2 Å². The highest BCUT2D eigenvalue weighted by atomic mass is 16.5. The Kier molecular flexibility index (Phi) is 3.30. The Hall–Kier alpha value is -3.07. The van der Waals surface area contributed by atoms with Crippen LogP contribution in [-0.2, 0) is 0 Å². The first kappa shape index (κ1) is 12.4. The van der Waals surface area contributed by atoms with Crippen molar-refractivity contribution in [3.63, 3.8) is 0 Å². The Morgan fingerprint density at radius 1 is 1.37 bits per heavy atom. The first-order valence-corrected chi connectivity index (χ1v) is 5.28. The summed E-state index contributed by atoms with van der Waals surface area (Å²) in [6, 6.07) is 11.1. The summed E-state index contributed by atoms with van der Waals surface area (Å²) in [5.74, 6) is -0.814. The van der Waals surface area contributed by atoms with Crippen molar-refractivity contribution in [2.45, 2.75) is 0 Å². The fourth-order valence-corrected chi connectivity index (χ4v) is 1.39. The molecule has 0 aliphatic rings. The molecule has 94 valence electrons. The van der Waals surface area contributed by atoms with E-state index in [9.17, 15) is 4.79 Å². The number of carbonyl (C=O) groups is 1. The number of nitrogens with two attached hydrogens (primary N) is 1. The number of carboxylic acids is 1. The van der Waals surface area contributed by atoms with E-state index in [0.717, 1.165) is 0 Å². The van der Waals surface area contributed by atoms with Crippen molar-refractivity contribution in [3.05, 3.63) is 47.7 Å². The quantitative estimate of drug-likeness (QED) is 0.868. The molecule has 0 amide bonds. The average Bonchev–Trinajstić information content (AvgIpc) is 2.41. The number of carboxylic acid groups (broad SMARTS) is 1. The van der Waals surface area contributed by atoms with E-state index in [0.29, 0.717) is 11.3 Å². The van der Waals surface area contributed by atoms with Crippen LogP contribution in [0.4, 0.5) is 5.69 Å². The molecule has 1 heterocycles. The van der Waals surface area contributed by atoms with Crippen LogP contribution < -0.4 is 10.5 Å². The first-order valence-electron chi connectivity index (χ1n) is 5.28. The van der Waals surface area contributed by atoms with Gasteiger partial charge in [-0.15, -0.1) is 0 Å². The van der Waals surface area contributed by atoms with Crippen LogP contribution in [0.3, 0.4) is 0 Å². The summed E-state index contributed by atoms with van der Waals surface area (Å²) in [6.07, 6.45) is 0. The lowest BCUT2D eigenvalue weighted by Crippen LogP contribution is -2.03. The molecule has 2 rings (SSSR count). The van der Waals surface area contributed by atoms with E-state index in [4.69, 9.17) is 20.8 Å². The molecule has 0 spiro atoms. The number of aromatic carboxylic acids is 1. The van der Waals surface area contributed by atoms with Gasteiger partial charge in [0.05, 0.1) is 17.3 Å². The molecule has 6 nitrogen and oxygen atoms in total. The molecule has 0 aliphatic heterocycles. The van der Waals surface area contributed by atoms with Gasteiger partial charge in [0.15, 0.2) is 5.69 Å². The second-order valence-electron chi connectivity index (χ2n) is 3.64. The van der Waals surface area contributed by atoms with Gasteiger partial charge >= 0.3 is 5.97 Å². The van der Waals surface area contributed by atoms with Crippen molar-refractivity contribution in [2.24, 2.45) is 0 Å². The van der Waals surface area contributed by atoms with Crippen molar-refractivity contribution >= 4 is 11.7 Å². The SMILES string of the molecule is N#Cc1cccc(Oc2nc(C(=O)O)ccc2N)c1. The van der Waals surface area contributed by atoms with Crippen LogP contribution in [0.5, 0.6) is 11.6 Å². The van der Waals surface area contributed by atoms with E-state index in [1.54, 1.807) is 18.2 Å². The van der Waals surface area contributed by atoms with Crippen LogP contribution in [0, 0.1) is 11.3 Å². The normalized spacial score (nSPS) is 9.63. The molecular weight excluding hydrogens is 246 g/mol. The summed E-state index contributed by atoms with van der Waals surface area (Å²) in [6.45, 7) is 0. The zero-order chi connectivity index (χ0) is 13.8. The molecule has 0 aliphatic carbocycles. The molecule has 19 heavy (non-hydrogen) atoms. The number of nitriles is 1. The third kappa shape index (κ3) is 2.79. The van der Waals surface area contributed by atoms with Crippen molar-refractivity contribution in [2.75, 3.05) is 5.73 Å². The smallest absolute Gasteiger partial charge is 0.354 e. The molecule has 6 heteroatoms. The third-order valence-electron chi connectivity index (χ3n) is 2.29. The van der Waals surface area contributed by atoms with Gasteiger partial charge < -0.3 is 15.6 Å². The maximum atomic E-state index is 10.8. The Balaban J connectivity index is 2.34. The lowest BCUT2D eigenvalue weighted by molar-refractivity contribution is 0.0689. The monoisotopic (exact) mass is 255 g/mol. The minimum absolute atomic E-state index is 0.00464. The van der Waals surface area contributed by atoms with Crippen LogP contribution in [0.1, 0.15) is 16.1 Å². The minimum Gasteiger partial charge on any atom is -0.477 e. The summed E-state index contributed by atoms with van der Waals surface area (Å²) < 4.78 is 5.39. The highest BCUT2D eigenvalue weighted by Crippen LogP contribution is 2.25. The van der Waals surface area contributed by atoms with E-state index >= 15 is 0 Å². The highest BCUT2D eigenvalue weighted by molar-refractivity contribution is 5.86. The van der Waals surface area contributed by atoms with Crippen molar-refractivity contribution < 1.29 is 14.6 Å². The van der Waals surface area contributed by atoms with E-state index < -0.39 is 5.97 Å². The Morgan fingerprint density at radius 2 is 2.16 bits per heavy atom. The number of hydrogen-bond acceptors (Lipinski definition) is 5. The van der Waals surface area contributed by atoms with Gasteiger partial charge in [-0.2, -0.15) is 5.26 Å². The largest absolute Gasteiger partial charge is 0.477 e. The van der Waals surface area contributed by atoms with E-state index in [2.05, 4.69) is 4.98 Å². The number of hydrogen-bond donors (Lipinski definition) is 2. The predicted molar refractivity (Wildman–Crippen MR) is 66.8 cm³/mol. The van der Waals surface area contributed by atoms with Gasteiger partial charge in [-0.3, -0.25) is 0 Å². The van der Waals surface area contributed by atoms with Crippen LogP contribution in [-0.4, -0.2) is 16.1 Å². The molecule has 3 N–H and O–H groups in total. The standard InChI is InChI=1S/C13H9N3O3/c14-7-8-2-1-3-9(6-8)19-12-10(15)4-5-11(16-12)13(17)18/h1-6H,15H2,(H,17,18). The summed E-state index contributed by atoms with van der Waals surface area (Å²) >= 11 is 0. The molecule has 2 aromatic rings. The second kappa shape index (κ2) is 5.06. The van der Waals surface area contributed by atoms with Gasteiger partial charge in [-0.1, -0.05) is 6.07 Å². The van der Waals surface area contributed by atoms with E-state index in [-0.39, 0.29) is 17.3 Å². The average molecular weight is 255 g/mol. The summed E-state index contributed by atoms with van der Waals surface area (Å²) in [7, 11) is 0. The molecular formula is C13H9N3O3. The number of nitrogens with zero attached hydrogens (tertiary/aromatic N) is 2. The molecule has 1 aromatic heterocycles. The number of pyridine rings is 1. The fourth-order valence-electron chi connectivity index (χ4n) is 1.39. The zero-order valence-corrected chi connectivity index (χ0v) is 9.70. The van der Waals surface area contributed by atoms with Crippen molar-refractivity contribution in [1.29, 1.82) is 5.26 Å².